The van der Waals surface area contributed by atoms with Crippen LogP contribution in [0.4, 0.5) is 10.1 Å². The number of rotatable bonds is 6. The molecule has 1 saturated heterocycles. The second-order valence-electron chi connectivity index (χ2n) is 7.99. The minimum absolute atomic E-state index is 0.0902. The molecule has 7 nitrogen and oxygen atoms in total. The Morgan fingerprint density at radius 2 is 1.81 bits per heavy atom. The highest BCUT2D eigenvalue weighted by Gasteiger charge is 2.34. The largest absolute Gasteiger partial charge is 0.348 e. The van der Waals surface area contributed by atoms with Gasteiger partial charge in [0, 0.05) is 24.8 Å². The monoisotopic (exact) mass is 461 g/mol. The van der Waals surface area contributed by atoms with Crippen molar-refractivity contribution in [3.05, 3.63) is 59.4 Å². The van der Waals surface area contributed by atoms with Gasteiger partial charge in [0.15, 0.2) is 0 Å². The first-order valence-electron chi connectivity index (χ1n) is 10.6. The Balaban J connectivity index is 1.61. The third kappa shape index (κ3) is 5.52. The van der Waals surface area contributed by atoms with E-state index in [4.69, 9.17) is 0 Å². The lowest BCUT2D eigenvalue weighted by Crippen LogP contribution is -2.46. The van der Waals surface area contributed by atoms with E-state index in [9.17, 15) is 22.4 Å². The summed E-state index contributed by atoms with van der Waals surface area (Å²) in [5.74, 6) is -2.02. The topological polar surface area (TPSA) is 95.6 Å². The van der Waals surface area contributed by atoms with E-state index < -0.39 is 27.7 Å². The first kappa shape index (κ1) is 23.9. The second-order valence-corrected chi connectivity index (χ2v) is 9.85. The number of hydrogen-bond donors (Lipinski definition) is 2. The van der Waals surface area contributed by atoms with Crippen LogP contribution >= 0.6 is 0 Å². The normalized spacial score (nSPS) is 17.0. The maximum atomic E-state index is 13.4. The number of benzene rings is 2. The number of para-hydroxylation sites is 1. The summed E-state index contributed by atoms with van der Waals surface area (Å²) >= 11 is 0. The van der Waals surface area contributed by atoms with Gasteiger partial charge >= 0.3 is 11.8 Å². The molecule has 9 heteroatoms. The number of carbonyl (C=O) groups excluding carboxylic acids is 2. The van der Waals surface area contributed by atoms with Gasteiger partial charge in [-0.25, -0.2) is 12.8 Å². The number of piperidine rings is 1. The van der Waals surface area contributed by atoms with Crippen LogP contribution in [0.2, 0.25) is 0 Å². The van der Waals surface area contributed by atoms with Gasteiger partial charge in [-0.1, -0.05) is 24.6 Å². The third-order valence-electron chi connectivity index (χ3n) is 5.66. The number of anilines is 1. The Morgan fingerprint density at radius 1 is 1.06 bits per heavy atom. The Kier molecular flexibility index (Phi) is 7.63. The standard InChI is InChI=1S/C23H28FN3O4S/c1-16-7-3-4-9-20(16)26-23(29)22(28)25-13-12-19-8-5-6-14-27(19)32(30,31)21-11-10-18(24)15-17(21)2/h3-4,7,9-11,15,19H,5-6,8,12-14H2,1-2H3,(H,25,28)(H,26,29)/t19-/m0/s1. The molecule has 1 heterocycles. The van der Waals surface area contributed by atoms with Crippen LogP contribution in [0.1, 0.15) is 36.8 Å². The Hall–Kier alpha value is -2.78. The zero-order valence-electron chi connectivity index (χ0n) is 18.2. The van der Waals surface area contributed by atoms with Crippen LogP contribution in [0, 0.1) is 19.7 Å². The predicted molar refractivity (Wildman–Crippen MR) is 120 cm³/mol. The summed E-state index contributed by atoms with van der Waals surface area (Å²) in [6.45, 7) is 3.93. The van der Waals surface area contributed by atoms with Gasteiger partial charge in [-0.05, 0) is 68.5 Å². The fourth-order valence-electron chi connectivity index (χ4n) is 3.93. The number of hydrogen-bond acceptors (Lipinski definition) is 4. The van der Waals surface area contributed by atoms with Crippen molar-refractivity contribution in [3.63, 3.8) is 0 Å². The van der Waals surface area contributed by atoms with Crippen molar-refractivity contribution in [1.29, 1.82) is 0 Å². The van der Waals surface area contributed by atoms with Crippen LogP contribution in [0.25, 0.3) is 0 Å². The van der Waals surface area contributed by atoms with Crippen LogP contribution in [-0.2, 0) is 19.6 Å². The summed E-state index contributed by atoms with van der Waals surface area (Å²) in [5, 5.41) is 5.15. The molecule has 2 N–H and O–H groups in total. The van der Waals surface area contributed by atoms with E-state index in [1.165, 1.54) is 16.4 Å². The van der Waals surface area contributed by atoms with Crippen molar-refractivity contribution in [2.45, 2.75) is 50.5 Å². The van der Waals surface area contributed by atoms with E-state index in [1.807, 2.05) is 19.1 Å². The molecule has 0 radical (unpaired) electrons. The number of nitrogens with one attached hydrogen (secondary N) is 2. The van der Waals surface area contributed by atoms with E-state index in [2.05, 4.69) is 10.6 Å². The zero-order valence-corrected chi connectivity index (χ0v) is 19.0. The van der Waals surface area contributed by atoms with Crippen molar-refractivity contribution in [2.75, 3.05) is 18.4 Å². The van der Waals surface area contributed by atoms with Crippen molar-refractivity contribution in [2.24, 2.45) is 0 Å². The molecular weight excluding hydrogens is 433 g/mol. The zero-order chi connectivity index (χ0) is 23.3. The number of sulfonamides is 1. The summed E-state index contributed by atoms with van der Waals surface area (Å²) in [5.41, 5.74) is 1.76. The molecule has 0 saturated carbocycles. The van der Waals surface area contributed by atoms with Gasteiger partial charge in [0.25, 0.3) is 0 Å². The summed E-state index contributed by atoms with van der Waals surface area (Å²) in [4.78, 5) is 24.4. The number of halogens is 1. The van der Waals surface area contributed by atoms with Crippen LogP contribution in [0.5, 0.6) is 0 Å². The van der Waals surface area contributed by atoms with Crippen LogP contribution in [0.15, 0.2) is 47.4 Å². The van der Waals surface area contributed by atoms with E-state index in [0.29, 0.717) is 30.6 Å². The third-order valence-corrected chi connectivity index (χ3v) is 7.77. The predicted octanol–water partition coefficient (Wildman–Crippen LogP) is 3.13. The fourth-order valence-corrected chi connectivity index (χ4v) is 5.86. The lowest BCUT2D eigenvalue weighted by molar-refractivity contribution is -0.136. The van der Waals surface area contributed by atoms with E-state index in [-0.39, 0.29) is 17.5 Å². The highest BCUT2D eigenvalue weighted by atomic mass is 32.2. The summed E-state index contributed by atoms with van der Waals surface area (Å²) in [7, 11) is -3.80. The number of amides is 2. The van der Waals surface area contributed by atoms with Crippen LogP contribution in [0.3, 0.4) is 0 Å². The SMILES string of the molecule is Cc1ccccc1NC(=O)C(=O)NCC[C@@H]1CCCCN1S(=O)(=O)c1ccc(F)cc1C. The van der Waals surface area contributed by atoms with Gasteiger partial charge in [-0.15, -0.1) is 0 Å². The van der Waals surface area contributed by atoms with Gasteiger partial charge in [0.2, 0.25) is 10.0 Å². The first-order chi connectivity index (χ1) is 15.2. The molecule has 3 rings (SSSR count). The average molecular weight is 462 g/mol. The summed E-state index contributed by atoms with van der Waals surface area (Å²) < 4.78 is 41.3. The molecule has 0 spiro atoms. The number of aryl methyl sites for hydroxylation is 2. The van der Waals surface area contributed by atoms with Crippen molar-refractivity contribution in [3.8, 4) is 0 Å². The molecule has 1 fully saturated rings. The second kappa shape index (κ2) is 10.2. The molecule has 32 heavy (non-hydrogen) atoms. The minimum Gasteiger partial charge on any atom is -0.348 e. The van der Waals surface area contributed by atoms with E-state index in [0.717, 1.165) is 24.5 Å². The van der Waals surface area contributed by atoms with E-state index >= 15 is 0 Å². The molecule has 2 aromatic carbocycles. The molecule has 0 aliphatic carbocycles. The molecule has 1 aliphatic heterocycles. The molecule has 172 valence electrons. The Bertz CT molecular complexity index is 1100. The maximum absolute atomic E-state index is 13.4. The molecule has 0 unspecified atom stereocenters. The molecular formula is C23H28FN3O4S. The van der Waals surface area contributed by atoms with Gasteiger partial charge in [0.1, 0.15) is 5.82 Å². The average Bonchev–Trinajstić information content (AvgIpc) is 2.75. The smallest absolute Gasteiger partial charge is 0.313 e. The summed E-state index contributed by atoms with van der Waals surface area (Å²) in [6.07, 6.45) is 2.65. The Labute approximate surface area is 188 Å². The van der Waals surface area contributed by atoms with Crippen molar-refractivity contribution in [1.82, 2.24) is 9.62 Å². The molecule has 0 aromatic heterocycles. The van der Waals surface area contributed by atoms with E-state index in [1.54, 1.807) is 19.1 Å². The number of carbonyl (C=O) groups is 2. The lowest BCUT2D eigenvalue weighted by atomic mass is 10.0. The summed E-state index contributed by atoms with van der Waals surface area (Å²) in [6, 6.07) is 10.5. The maximum Gasteiger partial charge on any atom is 0.313 e. The van der Waals surface area contributed by atoms with Crippen LogP contribution in [-0.4, -0.2) is 43.7 Å². The minimum atomic E-state index is -3.80. The molecule has 1 atom stereocenters. The van der Waals surface area contributed by atoms with Gasteiger partial charge in [-0.2, -0.15) is 4.31 Å². The Morgan fingerprint density at radius 3 is 2.53 bits per heavy atom. The quantitative estimate of drug-likeness (QED) is 0.646. The lowest BCUT2D eigenvalue weighted by Gasteiger charge is -2.35. The molecule has 2 aromatic rings. The van der Waals surface area contributed by atoms with Crippen molar-refractivity contribution < 1.29 is 22.4 Å². The fraction of sp³-hybridized carbons (Fsp3) is 0.391. The first-order valence-corrected chi connectivity index (χ1v) is 12.1. The molecule has 0 bridgehead atoms. The highest BCUT2D eigenvalue weighted by molar-refractivity contribution is 7.89. The van der Waals surface area contributed by atoms with Gasteiger partial charge in [0.05, 0.1) is 4.90 Å². The van der Waals surface area contributed by atoms with Gasteiger partial charge < -0.3 is 10.6 Å². The van der Waals surface area contributed by atoms with Gasteiger partial charge in [-0.3, -0.25) is 9.59 Å². The number of nitrogens with zero attached hydrogens (tertiary/aromatic N) is 1. The van der Waals surface area contributed by atoms with Crippen LogP contribution < -0.4 is 10.6 Å². The highest BCUT2D eigenvalue weighted by Crippen LogP contribution is 2.28. The molecule has 2 amide bonds. The molecule has 1 aliphatic rings. The van der Waals surface area contributed by atoms with Crippen molar-refractivity contribution >= 4 is 27.5 Å².